The predicted octanol–water partition coefficient (Wildman–Crippen LogP) is 7.07. The Morgan fingerprint density at radius 3 is 2.39 bits per heavy atom. The molecule has 0 radical (unpaired) electrons. The molecular weight excluding hydrogens is 576 g/mol. The van der Waals surface area contributed by atoms with Gasteiger partial charge in [-0.2, -0.15) is 22.0 Å². The lowest BCUT2D eigenvalue weighted by atomic mass is 9.82. The minimum atomic E-state index is -4.80. The first-order chi connectivity index (χ1) is 19.0. The molecule has 6 nitrogen and oxygen atoms in total. The second kappa shape index (κ2) is 10.9. The van der Waals surface area contributed by atoms with Gasteiger partial charge in [-0.1, -0.05) is 26.0 Å². The number of alkyl halides is 5. The summed E-state index contributed by atoms with van der Waals surface area (Å²) >= 11 is 0. The van der Waals surface area contributed by atoms with Crippen LogP contribution in [0.25, 0.3) is 11.1 Å². The Morgan fingerprint density at radius 2 is 1.76 bits per heavy atom. The summed E-state index contributed by atoms with van der Waals surface area (Å²) in [7, 11) is -4.63. The van der Waals surface area contributed by atoms with Gasteiger partial charge < -0.3 is 9.47 Å². The number of ketones is 1. The van der Waals surface area contributed by atoms with Crippen molar-refractivity contribution in [2.24, 2.45) is 5.41 Å². The molecule has 0 amide bonds. The fourth-order valence-corrected chi connectivity index (χ4v) is 5.94. The third-order valence-corrected chi connectivity index (χ3v) is 8.54. The first kappa shape index (κ1) is 30.2. The highest BCUT2D eigenvalue weighted by atomic mass is 32.2. The van der Waals surface area contributed by atoms with E-state index in [1.807, 2.05) is 0 Å². The van der Waals surface area contributed by atoms with Crippen LogP contribution in [0, 0.1) is 11.2 Å². The van der Waals surface area contributed by atoms with E-state index in [1.165, 1.54) is 25.1 Å². The number of sulfonamides is 1. The average molecular weight is 602 g/mol. The predicted molar refractivity (Wildman–Crippen MR) is 138 cm³/mol. The van der Waals surface area contributed by atoms with E-state index in [1.54, 1.807) is 13.8 Å². The molecule has 0 N–H and O–H groups in total. The van der Waals surface area contributed by atoms with Crippen molar-refractivity contribution in [2.75, 3.05) is 10.8 Å². The number of anilines is 1. The number of benzene rings is 3. The van der Waals surface area contributed by atoms with E-state index < -0.39 is 56.4 Å². The molecule has 0 bridgehead atoms. The SMILES string of the molecule is CC(=O)C(C)(C)C[C@H]1CN(S(=O)(=O)c2cccc(C(F)(F)F)c2)c2cc(-c3cc(F)cc(OC(F)F)c3)ccc2O1. The molecule has 3 aromatic carbocycles. The molecular formula is C28H25F6NO5S. The lowest BCUT2D eigenvalue weighted by Gasteiger charge is -2.38. The summed E-state index contributed by atoms with van der Waals surface area (Å²) in [6, 6.07) is 10.3. The molecule has 1 aliphatic rings. The van der Waals surface area contributed by atoms with Gasteiger partial charge in [0.1, 0.15) is 29.2 Å². The van der Waals surface area contributed by atoms with Crippen LogP contribution in [0.3, 0.4) is 0 Å². The number of hydrogen-bond donors (Lipinski definition) is 0. The fraction of sp³-hybridized carbons (Fsp3) is 0.321. The van der Waals surface area contributed by atoms with E-state index >= 15 is 0 Å². The summed E-state index contributed by atoms with van der Waals surface area (Å²) in [5, 5.41) is 0. The lowest BCUT2D eigenvalue weighted by Crippen LogP contribution is -2.46. The first-order valence-corrected chi connectivity index (χ1v) is 13.7. The van der Waals surface area contributed by atoms with Crippen LogP contribution in [0.15, 0.2) is 65.6 Å². The highest BCUT2D eigenvalue weighted by molar-refractivity contribution is 7.92. The Hall–Kier alpha value is -3.74. The van der Waals surface area contributed by atoms with E-state index in [9.17, 15) is 39.6 Å². The second-order valence-electron chi connectivity index (χ2n) is 10.2. The zero-order valence-electron chi connectivity index (χ0n) is 22.0. The molecule has 0 spiro atoms. The van der Waals surface area contributed by atoms with Crippen molar-refractivity contribution in [3.63, 3.8) is 0 Å². The number of hydrogen-bond acceptors (Lipinski definition) is 5. The van der Waals surface area contributed by atoms with Crippen LogP contribution in [0.1, 0.15) is 32.8 Å². The van der Waals surface area contributed by atoms with Crippen LogP contribution in [-0.4, -0.2) is 33.5 Å². The molecule has 4 rings (SSSR count). The number of nitrogens with zero attached hydrogens (tertiary/aromatic N) is 1. The molecule has 41 heavy (non-hydrogen) atoms. The van der Waals surface area contributed by atoms with Crippen molar-refractivity contribution in [3.8, 4) is 22.6 Å². The van der Waals surface area contributed by atoms with Crippen LogP contribution in [-0.2, 0) is 21.0 Å². The van der Waals surface area contributed by atoms with Gasteiger partial charge in [-0.05, 0) is 66.9 Å². The van der Waals surface area contributed by atoms with Gasteiger partial charge in [0.05, 0.1) is 22.7 Å². The van der Waals surface area contributed by atoms with Crippen molar-refractivity contribution in [1.29, 1.82) is 0 Å². The number of fused-ring (bicyclic) bond motifs is 1. The molecule has 0 fully saturated rings. The number of ether oxygens (including phenoxy) is 2. The number of carbonyl (C=O) groups is 1. The van der Waals surface area contributed by atoms with Gasteiger partial charge in [0.15, 0.2) is 0 Å². The van der Waals surface area contributed by atoms with E-state index in [-0.39, 0.29) is 41.3 Å². The smallest absolute Gasteiger partial charge is 0.416 e. The lowest BCUT2D eigenvalue weighted by molar-refractivity contribution is -0.137. The van der Waals surface area contributed by atoms with Gasteiger partial charge in [-0.3, -0.25) is 9.10 Å². The summed E-state index contributed by atoms with van der Waals surface area (Å²) < 4.78 is 119. The third-order valence-electron chi connectivity index (χ3n) is 6.76. The Bertz CT molecular complexity index is 1570. The zero-order valence-corrected chi connectivity index (χ0v) is 22.8. The highest BCUT2D eigenvalue weighted by Crippen LogP contribution is 2.43. The van der Waals surface area contributed by atoms with Crippen molar-refractivity contribution < 1.29 is 49.0 Å². The van der Waals surface area contributed by atoms with E-state index in [0.29, 0.717) is 6.07 Å². The molecule has 3 aromatic rings. The molecule has 13 heteroatoms. The minimum absolute atomic E-state index is 0.0420. The van der Waals surface area contributed by atoms with Crippen LogP contribution in [0.5, 0.6) is 11.5 Å². The van der Waals surface area contributed by atoms with Gasteiger partial charge in [-0.15, -0.1) is 0 Å². The van der Waals surface area contributed by atoms with E-state index in [4.69, 9.17) is 4.74 Å². The van der Waals surface area contributed by atoms with E-state index in [2.05, 4.69) is 4.74 Å². The molecule has 0 saturated heterocycles. The second-order valence-corrected chi connectivity index (χ2v) is 12.0. The van der Waals surface area contributed by atoms with Crippen molar-refractivity contribution in [2.45, 2.75) is 51.0 Å². The first-order valence-electron chi connectivity index (χ1n) is 12.2. The highest BCUT2D eigenvalue weighted by Gasteiger charge is 2.39. The van der Waals surface area contributed by atoms with Gasteiger partial charge >= 0.3 is 12.8 Å². The van der Waals surface area contributed by atoms with Gasteiger partial charge in [0.25, 0.3) is 10.0 Å². The van der Waals surface area contributed by atoms with Crippen LogP contribution in [0.2, 0.25) is 0 Å². The van der Waals surface area contributed by atoms with Gasteiger partial charge in [0.2, 0.25) is 0 Å². The van der Waals surface area contributed by atoms with Crippen molar-refractivity contribution in [1.82, 2.24) is 0 Å². The normalized spacial score (nSPS) is 15.9. The molecule has 1 aliphatic heterocycles. The molecule has 0 aromatic heterocycles. The maximum Gasteiger partial charge on any atom is 0.416 e. The van der Waals surface area contributed by atoms with Gasteiger partial charge in [0, 0.05) is 11.5 Å². The average Bonchev–Trinajstić information content (AvgIpc) is 2.86. The summed E-state index contributed by atoms with van der Waals surface area (Å²) in [6.45, 7) is 1.13. The van der Waals surface area contributed by atoms with Gasteiger partial charge in [-0.25, -0.2) is 12.8 Å². The Kier molecular flexibility index (Phi) is 8.05. The molecule has 220 valence electrons. The molecule has 0 aliphatic carbocycles. The molecule has 1 atom stereocenters. The van der Waals surface area contributed by atoms with Crippen molar-refractivity contribution in [3.05, 3.63) is 72.0 Å². The standard InChI is InChI=1S/C28H25F6NO5S/c1-16(36)27(2,3)14-22-15-35(41(37,38)23-6-4-5-19(12-23)28(32,33)34)24-11-17(7-8-25(24)39-22)18-9-20(29)13-21(10-18)40-26(30)31/h4-13,22,26H,14-15H2,1-3H3/t22-/m0/s1. The number of carbonyl (C=O) groups excluding carboxylic acids is 1. The maximum atomic E-state index is 14.2. The van der Waals surface area contributed by atoms with Crippen LogP contribution in [0.4, 0.5) is 32.0 Å². The Balaban J connectivity index is 1.84. The minimum Gasteiger partial charge on any atom is -0.486 e. The largest absolute Gasteiger partial charge is 0.486 e. The summed E-state index contributed by atoms with van der Waals surface area (Å²) in [6.07, 6.45) is -5.56. The number of rotatable bonds is 8. The van der Waals surface area contributed by atoms with Crippen LogP contribution < -0.4 is 13.8 Å². The van der Waals surface area contributed by atoms with E-state index in [0.717, 1.165) is 40.7 Å². The molecule has 1 heterocycles. The molecule has 0 unspecified atom stereocenters. The van der Waals surface area contributed by atoms with Crippen molar-refractivity contribution >= 4 is 21.5 Å². The topological polar surface area (TPSA) is 72.9 Å². The number of Topliss-reactive ketones (excluding diaryl/α,β-unsaturated/α-hetero) is 1. The summed E-state index contributed by atoms with van der Waals surface area (Å²) in [5.41, 5.74) is -1.88. The maximum absolute atomic E-state index is 14.2. The third kappa shape index (κ3) is 6.61. The summed E-state index contributed by atoms with van der Waals surface area (Å²) in [4.78, 5) is 11.5. The fourth-order valence-electron chi connectivity index (χ4n) is 4.40. The monoisotopic (exact) mass is 601 g/mol. The van der Waals surface area contributed by atoms with Crippen LogP contribution >= 0.6 is 0 Å². The summed E-state index contributed by atoms with van der Waals surface area (Å²) in [5.74, 6) is -1.50. The Labute approximate surface area is 232 Å². The number of halogens is 6. The quantitative estimate of drug-likeness (QED) is 0.258. The molecule has 0 saturated carbocycles. The zero-order chi connectivity index (χ0) is 30.3. The Morgan fingerprint density at radius 1 is 1.05 bits per heavy atom.